The number of nitrogens with zero attached hydrogens (tertiary/aromatic N) is 1. The Labute approximate surface area is 156 Å². The summed E-state index contributed by atoms with van der Waals surface area (Å²) in [7, 11) is 3.08. The number of carbonyl (C=O) groups is 2. The average Bonchev–Trinajstić information content (AvgIpc) is 3.30. The summed E-state index contributed by atoms with van der Waals surface area (Å²) in [6.45, 7) is 0.752. The van der Waals surface area contributed by atoms with Crippen molar-refractivity contribution < 1.29 is 28.6 Å². The number of Topliss-reactive ketones (excluding diaryl/α,β-unsaturated/α-hetero) is 1. The first-order chi connectivity index (χ1) is 13.1. The minimum atomic E-state index is -0.789. The van der Waals surface area contributed by atoms with Gasteiger partial charge in [0.05, 0.1) is 18.9 Å². The molecule has 3 rings (SSSR count). The summed E-state index contributed by atoms with van der Waals surface area (Å²) >= 11 is 0. The third kappa shape index (κ3) is 3.59. The topological polar surface area (TPSA) is 89.2 Å². The lowest BCUT2D eigenvalue weighted by Gasteiger charge is -2.23. The van der Waals surface area contributed by atoms with E-state index in [0.29, 0.717) is 36.6 Å². The summed E-state index contributed by atoms with van der Waals surface area (Å²) in [5.41, 5.74) is 0.390. The highest BCUT2D eigenvalue weighted by Gasteiger charge is 2.47. The van der Waals surface area contributed by atoms with E-state index in [2.05, 4.69) is 0 Å². The van der Waals surface area contributed by atoms with Crippen molar-refractivity contribution in [2.45, 2.75) is 12.5 Å². The molecule has 2 aromatic rings. The van der Waals surface area contributed by atoms with Gasteiger partial charge in [-0.15, -0.1) is 0 Å². The maximum absolute atomic E-state index is 12.7. The number of aliphatic hydroxyl groups excluding tert-OH is 1. The van der Waals surface area contributed by atoms with Gasteiger partial charge in [-0.2, -0.15) is 0 Å². The van der Waals surface area contributed by atoms with Gasteiger partial charge < -0.3 is 23.9 Å². The molecule has 1 atom stereocenters. The maximum atomic E-state index is 12.7. The fourth-order valence-electron chi connectivity index (χ4n) is 3.16. The van der Waals surface area contributed by atoms with Crippen molar-refractivity contribution in [3.63, 3.8) is 0 Å². The van der Waals surface area contributed by atoms with Crippen LogP contribution >= 0.6 is 0 Å². The molecular formula is C20H21NO6. The third-order valence-electron chi connectivity index (χ3n) is 4.44. The minimum Gasteiger partial charge on any atom is -0.507 e. The normalized spacial score (nSPS) is 18.9. The molecule has 2 heterocycles. The first kappa shape index (κ1) is 18.7. The Bertz CT molecular complexity index is 855. The molecule has 7 nitrogen and oxygen atoms in total. The highest BCUT2D eigenvalue weighted by Crippen LogP contribution is 2.39. The number of amides is 1. The van der Waals surface area contributed by atoms with Crippen molar-refractivity contribution in [1.82, 2.24) is 4.90 Å². The molecule has 1 saturated heterocycles. The molecule has 1 fully saturated rings. The Balaban J connectivity index is 2.08. The Kier molecular flexibility index (Phi) is 5.61. The second-order valence-corrected chi connectivity index (χ2v) is 6.09. The Morgan fingerprint density at radius 2 is 2.04 bits per heavy atom. The van der Waals surface area contributed by atoms with Gasteiger partial charge >= 0.3 is 0 Å². The number of carbonyl (C=O) groups excluding carboxylic acids is 2. The number of hydrogen-bond donors (Lipinski definition) is 1. The molecule has 0 aliphatic carbocycles. The number of ether oxygens (including phenoxy) is 2. The highest BCUT2D eigenvalue weighted by atomic mass is 16.5. The number of methoxy groups -OCH3 is 2. The SMILES string of the molecule is COCCCN1C(=O)C(=O)/C(=C(\O)c2cccc(OC)c2)C1c1ccco1. The summed E-state index contributed by atoms with van der Waals surface area (Å²) in [5.74, 6) is -0.729. The van der Waals surface area contributed by atoms with Crippen LogP contribution in [0.15, 0.2) is 52.7 Å². The molecule has 0 radical (unpaired) electrons. The van der Waals surface area contributed by atoms with Crippen LogP contribution in [0.1, 0.15) is 23.8 Å². The number of aliphatic hydroxyl groups is 1. The lowest BCUT2D eigenvalue weighted by molar-refractivity contribution is -0.140. The van der Waals surface area contributed by atoms with Crippen molar-refractivity contribution in [2.75, 3.05) is 27.4 Å². The average molecular weight is 371 g/mol. The fourth-order valence-corrected chi connectivity index (χ4v) is 3.16. The van der Waals surface area contributed by atoms with Crippen LogP contribution in [-0.4, -0.2) is 49.1 Å². The molecule has 0 spiro atoms. The molecule has 27 heavy (non-hydrogen) atoms. The van der Waals surface area contributed by atoms with Crippen LogP contribution in [0.5, 0.6) is 5.75 Å². The van der Waals surface area contributed by atoms with Crippen LogP contribution in [0.4, 0.5) is 0 Å². The Morgan fingerprint density at radius 1 is 1.22 bits per heavy atom. The number of hydrogen-bond acceptors (Lipinski definition) is 6. The van der Waals surface area contributed by atoms with Crippen LogP contribution in [0.25, 0.3) is 5.76 Å². The van der Waals surface area contributed by atoms with Crippen LogP contribution in [0.3, 0.4) is 0 Å². The van der Waals surface area contributed by atoms with E-state index in [1.54, 1.807) is 43.5 Å². The van der Waals surface area contributed by atoms with Crippen molar-refractivity contribution in [3.8, 4) is 5.75 Å². The number of furan rings is 1. The number of likely N-dealkylation sites (tertiary alicyclic amines) is 1. The van der Waals surface area contributed by atoms with Gasteiger partial charge in [0.1, 0.15) is 23.3 Å². The largest absolute Gasteiger partial charge is 0.507 e. The molecule has 0 bridgehead atoms. The minimum absolute atomic E-state index is 0.000574. The summed E-state index contributed by atoms with van der Waals surface area (Å²) in [6.07, 6.45) is 2.02. The van der Waals surface area contributed by atoms with Gasteiger partial charge in [-0.1, -0.05) is 12.1 Å². The quantitative estimate of drug-likeness (QED) is 0.348. The number of ketones is 1. The second-order valence-electron chi connectivity index (χ2n) is 6.09. The van der Waals surface area contributed by atoms with Crippen LogP contribution in [-0.2, 0) is 14.3 Å². The first-order valence-electron chi connectivity index (χ1n) is 8.53. The molecule has 142 valence electrons. The van der Waals surface area contributed by atoms with E-state index in [9.17, 15) is 14.7 Å². The molecule has 0 saturated carbocycles. The molecule has 1 unspecified atom stereocenters. The molecule has 7 heteroatoms. The predicted octanol–water partition coefficient (Wildman–Crippen LogP) is 2.75. The zero-order chi connectivity index (χ0) is 19.4. The molecular weight excluding hydrogens is 350 g/mol. The van der Waals surface area contributed by atoms with Gasteiger partial charge in [-0.05, 0) is 30.7 Å². The fraction of sp³-hybridized carbons (Fsp3) is 0.300. The third-order valence-corrected chi connectivity index (χ3v) is 4.44. The smallest absolute Gasteiger partial charge is 0.295 e. The van der Waals surface area contributed by atoms with Gasteiger partial charge in [0.2, 0.25) is 0 Å². The second kappa shape index (κ2) is 8.09. The summed E-state index contributed by atoms with van der Waals surface area (Å²) in [5, 5.41) is 10.8. The molecule has 1 aliphatic heterocycles. The molecule has 1 aromatic carbocycles. The summed E-state index contributed by atoms with van der Waals surface area (Å²) < 4.78 is 15.7. The lowest BCUT2D eigenvalue weighted by Crippen LogP contribution is -2.31. The van der Waals surface area contributed by atoms with E-state index in [1.165, 1.54) is 18.3 Å². The molecule has 1 amide bonds. The van der Waals surface area contributed by atoms with Gasteiger partial charge in [0, 0.05) is 25.8 Å². The van der Waals surface area contributed by atoms with Gasteiger partial charge in [0.15, 0.2) is 0 Å². The van der Waals surface area contributed by atoms with E-state index in [-0.39, 0.29) is 11.3 Å². The molecule has 1 aliphatic rings. The Hall–Kier alpha value is -3.06. The number of rotatable bonds is 7. The van der Waals surface area contributed by atoms with Crippen LogP contribution in [0, 0.1) is 0 Å². The van der Waals surface area contributed by atoms with E-state index in [1.807, 2.05) is 0 Å². The van der Waals surface area contributed by atoms with Crippen molar-refractivity contribution in [2.24, 2.45) is 0 Å². The predicted molar refractivity (Wildman–Crippen MR) is 97.2 cm³/mol. The van der Waals surface area contributed by atoms with Gasteiger partial charge in [0.25, 0.3) is 11.7 Å². The van der Waals surface area contributed by atoms with Crippen LogP contribution in [0.2, 0.25) is 0 Å². The zero-order valence-corrected chi connectivity index (χ0v) is 15.2. The van der Waals surface area contributed by atoms with Crippen LogP contribution < -0.4 is 4.74 Å². The lowest BCUT2D eigenvalue weighted by atomic mass is 9.99. The summed E-state index contributed by atoms with van der Waals surface area (Å²) in [6, 6.07) is 9.24. The highest BCUT2D eigenvalue weighted by molar-refractivity contribution is 6.46. The summed E-state index contributed by atoms with van der Waals surface area (Å²) in [4.78, 5) is 26.7. The monoisotopic (exact) mass is 371 g/mol. The van der Waals surface area contributed by atoms with Crippen molar-refractivity contribution in [1.29, 1.82) is 0 Å². The van der Waals surface area contributed by atoms with Gasteiger partial charge in [-0.25, -0.2) is 0 Å². The Morgan fingerprint density at radius 3 is 2.70 bits per heavy atom. The zero-order valence-electron chi connectivity index (χ0n) is 15.2. The van der Waals surface area contributed by atoms with Crippen molar-refractivity contribution >= 4 is 17.4 Å². The van der Waals surface area contributed by atoms with E-state index in [4.69, 9.17) is 13.9 Å². The standard InChI is InChI=1S/C20H21NO6/c1-25-10-5-9-21-17(15-8-4-11-27-15)16(19(23)20(21)24)18(22)13-6-3-7-14(12-13)26-2/h3-4,6-8,11-12,17,22H,5,9-10H2,1-2H3/b18-16-. The first-order valence-corrected chi connectivity index (χ1v) is 8.53. The maximum Gasteiger partial charge on any atom is 0.295 e. The van der Waals surface area contributed by atoms with E-state index < -0.39 is 17.7 Å². The van der Waals surface area contributed by atoms with E-state index in [0.717, 1.165) is 0 Å². The van der Waals surface area contributed by atoms with E-state index >= 15 is 0 Å². The number of benzene rings is 1. The molecule has 1 aromatic heterocycles. The van der Waals surface area contributed by atoms with Crippen molar-refractivity contribution in [3.05, 3.63) is 59.6 Å². The molecule has 1 N–H and O–H groups in total. The van der Waals surface area contributed by atoms with Gasteiger partial charge in [-0.3, -0.25) is 9.59 Å².